The molecule has 0 radical (unpaired) electrons. The molecule has 0 aliphatic rings. The molecule has 18 heavy (non-hydrogen) atoms. The highest BCUT2D eigenvalue weighted by Crippen LogP contribution is 2.24. The minimum Gasteiger partial charge on any atom is -0.478 e. The van der Waals surface area contributed by atoms with E-state index in [2.05, 4.69) is 27.9 Å². The van der Waals surface area contributed by atoms with E-state index in [0.717, 1.165) is 9.26 Å². The summed E-state index contributed by atoms with van der Waals surface area (Å²) in [6, 6.07) is 6.98. The summed E-state index contributed by atoms with van der Waals surface area (Å²) in [6.45, 7) is 0.272. The summed E-state index contributed by atoms with van der Waals surface area (Å²) in [5.74, 6) is -0.633. The minimum atomic E-state index is -1.01. The van der Waals surface area contributed by atoms with Crippen molar-refractivity contribution < 1.29 is 14.3 Å². The van der Waals surface area contributed by atoms with Crippen molar-refractivity contribution in [3.05, 3.63) is 50.4 Å². The van der Waals surface area contributed by atoms with E-state index in [1.165, 1.54) is 12.3 Å². The number of hydrogen-bond donors (Lipinski definition) is 2. The van der Waals surface area contributed by atoms with Crippen molar-refractivity contribution in [2.24, 2.45) is 0 Å². The predicted molar refractivity (Wildman–Crippen MR) is 77.2 cm³/mol. The predicted octanol–water partition coefficient (Wildman–Crippen LogP) is 3.85. The lowest BCUT2D eigenvalue weighted by Gasteiger charge is -2.07. The summed E-state index contributed by atoms with van der Waals surface area (Å²) in [4.78, 5) is 10.9. The molecule has 0 aliphatic heterocycles. The minimum absolute atomic E-state index is 0.157. The first-order chi connectivity index (χ1) is 8.58. The molecule has 4 nitrogen and oxygen atoms in total. The van der Waals surface area contributed by atoms with Gasteiger partial charge in [0.2, 0.25) is 0 Å². The summed E-state index contributed by atoms with van der Waals surface area (Å²) in [5, 5.41) is 12.6. The highest BCUT2D eigenvalue weighted by atomic mass is 127. The third-order valence-corrected chi connectivity index (χ3v) is 3.34. The van der Waals surface area contributed by atoms with E-state index in [4.69, 9.17) is 21.1 Å². The molecule has 0 atom stereocenters. The fourth-order valence-corrected chi connectivity index (χ4v) is 2.15. The maximum atomic E-state index is 10.9. The monoisotopic (exact) mass is 377 g/mol. The summed E-state index contributed by atoms with van der Waals surface area (Å²) in [5.41, 5.74) is 0.903. The lowest BCUT2D eigenvalue weighted by molar-refractivity contribution is 0.0694. The van der Waals surface area contributed by atoms with Gasteiger partial charge in [-0.1, -0.05) is 11.6 Å². The van der Waals surface area contributed by atoms with Gasteiger partial charge in [-0.25, -0.2) is 4.79 Å². The molecule has 6 heteroatoms. The normalized spacial score (nSPS) is 10.3. The molecule has 2 rings (SSSR count). The fourth-order valence-electron chi connectivity index (χ4n) is 1.48. The van der Waals surface area contributed by atoms with Gasteiger partial charge < -0.3 is 14.8 Å². The second-order valence-corrected chi connectivity index (χ2v) is 5.19. The Hall–Kier alpha value is -1.21. The van der Waals surface area contributed by atoms with Crippen LogP contribution in [0.2, 0.25) is 5.02 Å². The van der Waals surface area contributed by atoms with Gasteiger partial charge >= 0.3 is 5.97 Å². The van der Waals surface area contributed by atoms with Gasteiger partial charge in [0.1, 0.15) is 11.3 Å². The van der Waals surface area contributed by atoms with Crippen molar-refractivity contribution in [1.82, 2.24) is 0 Å². The van der Waals surface area contributed by atoms with Gasteiger partial charge in [-0.15, -0.1) is 0 Å². The standard InChI is InChI=1S/C12H9ClINO3/c13-9-2-1-7(14)5-10(9)15-6-11-8(12(16)17)3-4-18-11/h1-5,15H,6H2,(H,16,17). The van der Waals surface area contributed by atoms with Crippen molar-refractivity contribution in [2.45, 2.75) is 6.54 Å². The summed E-state index contributed by atoms with van der Waals surface area (Å²) < 4.78 is 6.17. The number of anilines is 1. The molecule has 0 bridgehead atoms. The first-order valence-electron chi connectivity index (χ1n) is 5.06. The molecule has 0 amide bonds. The Morgan fingerprint density at radius 3 is 2.94 bits per heavy atom. The smallest absolute Gasteiger partial charge is 0.339 e. The molecule has 1 heterocycles. The van der Waals surface area contributed by atoms with E-state index < -0.39 is 5.97 Å². The molecule has 0 saturated carbocycles. The number of rotatable bonds is 4. The molecule has 94 valence electrons. The van der Waals surface area contributed by atoms with Gasteiger partial charge in [0.15, 0.2) is 0 Å². The number of furan rings is 1. The third-order valence-electron chi connectivity index (χ3n) is 2.34. The highest BCUT2D eigenvalue weighted by Gasteiger charge is 2.13. The molecule has 1 aromatic heterocycles. The van der Waals surface area contributed by atoms with E-state index in [1.54, 1.807) is 6.07 Å². The molecule has 0 spiro atoms. The Balaban J connectivity index is 2.14. The number of carboxylic acid groups (broad SMARTS) is 1. The van der Waals surface area contributed by atoms with Crippen molar-refractivity contribution in [2.75, 3.05) is 5.32 Å². The number of hydrogen-bond acceptors (Lipinski definition) is 3. The van der Waals surface area contributed by atoms with Gasteiger partial charge in [-0.2, -0.15) is 0 Å². The van der Waals surface area contributed by atoms with Crippen molar-refractivity contribution in [3.63, 3.8) is 0 Å². The van der Waals surface area contributed by atoms with Gasteiger partial charge in [-0.3, -0.25) is 0 Å². The third kappa shape index (κ3) is 2.97. The molecule has 0 saturated heterocycles. The van der Waals surface area contributed by atoms with Crippen LogP contribution in [0.4, 0.5) is 5.69 Å². The summed E-state index contributed by atoms with van der Waals surface area (Å²) in [6.07, 6.45) is 1.36. The Bertz CT molecular complexity index is 582. The van der Waals surface area contributed by atoms with E-state index in [1.807, 2.05) is 12.1 Å². The number of carbonyl (C=O) groups is 1. The second-order valence-electron chi connectivity index (χ2n) is 3.54. The molecule has 2 N–H and O–H groups in total. The van der Waals surface area contributed by atoms with Gasteiger partial charge in [0, 0.05) is 3.57 Å². The van der Waals surface area contributed by atoms with Gasteiger partial charge in [0.05, 0.1) is 23.5 Å². The first kappa shape index (κ1) is 13.2. The Labute approximate surface area is 122 Å². The topological polar surface area (TPSA) is 62.5 Å². The number of nitrogens with one attached hydrogen (secondary N) is 1. The lowest BCUT2D eigenvalue weighted by Crippen LogP contribution is -2.05. The van der Waals surface area contributed by atoms with Crippen LogP contribution < -0.4 is 5.32 Å². The van der Waals surface area contributed by atoms with Crippen LogP contribution in [0.1, 0.15) is 16.1 Å². The lowest BCUT2D eigenvalue weighted by atomic mass is 10.2. The van der Waals surface area contributed by atoms with Crippen molar-refractivity contribution in [3.8, 4) is 0 Å². The number of benzene rings is 1. The maximum Gasteiger partial charge on any atom is 0.339 e. The van der Waals surface area contributed by atoms with Crippen LogP contribution in [0.3, 0.4) is 0 Å². The van der Waals surface area contributed by atoms with Crippen LogP contribution in [-0.2, 0) is 6.54 Å². The summed E-state index contributed by atoms with van der Waals surface area (Å²) in [7, 11) is 0. The molecule has 2 aromatic rings. The van der Waals surface area contributed by atoms with Crippen LogP contribution in [-0.4, -0.2) is 11.1 Å². The Morgan fingerprint density at radius 1 is 1.44 bits per heavy atom. The van der Waals surface area contributed by atoms with Crippen molar-refractivity contribution in [1.29, 1.82) is 0 Å². The van der Waals surface area contributed by atoms with Crippen molar-refractivity contribution >= 4 is 45.8 Å². The van der Waals surface area contributed by atoms with Gasteiger partial charge in [-0.05, 0) is 46.9 Å². The SMILES string of the molecule is O=C(O)c1ccoc1CNc1cc(I)ccc1Cl. The molecule has 1 aromatic carbocycles. The van der Waals surface area contributed by atoms with Crippen LogP contribution in [0.15, 0.2) is 34.9 Å². The highest BCUT2D eigenvalue weighted by molar-refractivity contribution is 14.1. The van der Waals surface area contributed by atoms with Crippen LogP contribution >= 0.6 is 34.2 Å². The largest absolute Gasteiger partial charge is 0.478 e. The first-order valence-corrected chi connectivity index (χ1v) is 6.52. The number of aromatic carboxylic acids is 1. The van der Waals surface area contributed by atoms with E-state index >= 15 is 0 Å². The summed E-state index contributed by atoms with van der Waals surface area (Å²) >= 11 is 8.20. The fraction of sp³-hybridized carbons (Fsp3) is 0.0833. The molecule has 0 unspecified atom stereocenters. The Morgan fingerprint density at radius 2 is 2.22 bits per heavy atom. The number of halogens is 2. The number of carboxylic acids is 1. The van der Waals surface area contributed by atoms with Gasteiger partial charge in [0.25, 0.3) is 0 Å². The molecular weight excluding hydrogens is 368 g/mol. The molecule has 0 fully saturated rings. The average molecular weight is 378 g/mol. The van der Waals surface area contributed by atoms with E-state index in [-0.39, 0.29) is 12.1 Å². The maximum absolute atomic E-state index is 10.9. The Kier molecular flexibility index (Phi) is 4.13. The second kappa shape index (κ2) is 5.62. The van der Waals surface area contributed by atoms with Crippen LogP contribution in [0.5, 0.6) is 0 Å². The van der Waals surface area contributed by atoms with Crippen LogP contribution in [0, 0.1) is 3.57 Å². The molecular formula is C12H9ClINO3. The zero-order chi connectivity index (χ0) is 13.1. The average Bonchev–Trinajstić information content (AvgIpc) is 2.79. The zero-order valence-electron chi connectivity index (χ0n) is 9.11. The quantitative estimate of drug-likeness (QED) is 0.795. The van der Waals surface area contributed by atoms with Crippen LogP contribution in [0.25, 0.3) is 0 Å². The zero-order valence-corrected chi connectivity index (χ0v) is 12.0. The van der Waals surface area contributed by atoms with E-state index in [9.17, 15) is 4.79 Å². The van der Waals surface area contributed by atoms with E-state index in [0.29, 0.717) is 10.8 Å². The molecule has 0 aliphatic carbocycles.